The van der Waals surface area contributed by atoms with Gasteiger partial charge in [0.2, 0.25) is 11.8 Å². The second-order valence-corrected chi connectivity index (χ2v) is 6.14. The number of carbonyl (C=O) groups is 2. The molecule has 1 aromatic rings. The van der Waals surface area contributed by atoms with Crippen LogP contribution in [-0.2, 0) is 16.1 Å². The number of halogens is 2. The molecule has 2 unspecified atom stereocenters. The van der Waals surface area contributed by atoms with Crippen molar-refractivity contribution in [3.05, 3.63) is 33.8 Å². The Morgan fingerprint density at radius 1 is 1.33 bits per heavy atom. The van der Waals surface area contributed by atoms with Gasteiger partial charge in [0.15, 0.2) is 0 Å². The zero-order valence-corrected chi connectivity index (χ0v) is 13.5. The van der Waals surface area contributed by atoms with Gasteiger partial charge in [0.25, 0.3) is 0 Å². The highest BCUT2D eigenvalue weighted by Gasteiger charge is 2.35. The second kappa shape index (κ2) is 6.67. The van der Waals surface area contributed by atoms with Crippen molar-refractivity contribution in [1.29, 1.82) is 0 Å². The molecule has 1 heterocycles. The molecule has 114 valence electrons. The van der Waals surface area contributed by atoms with Crippen LogP contribution in [0.25, 0.3) is 0 Å². The zero-order valence-electron chi connectivity index (χ0n) is 12.0. The van der Waals surface area contributed by atoms with Gasteiger partial charge in [-0.2, -0.15) is 0 Å². The van der Waals surface area contributed by atoms with Crippen LogP contribution in [0.5, 0.6) is 0 Å². The van der Waals surface area contributed by atoms with Crippen molar-refractivity contribution in [2.45, 2.75) is 32.9 Å². The summed E-state index contributed by atoms with van der Waals surface area (Å²) in [6.45, 7) is 4.23. The van der Waals surface area contributed by atoms with E-state index in [4.69, 9.17) is 23.2 Å². The van der Waals surface area contributed by atoms with Crippen molar-refractivity contribution in [3.8, 4) is 0 Å². The molecule has 4 nitrogen and oxygen atoms in total. The first-order valence-corrected chi connectivity index (χ1v) is 7.70. The first-order chi connectivity index (χ1) is 9.93. The van der Waals surface area contributed by atoms with Gasteiger partial charge in [0, 0.05) is 22.2 Å². The Morgan fingerprint density at radius 3 is 2.52 bits per heavy atom. The van der Waals surface area contributed by atoms with Crippen LogP contribution in [0, 0.1) is 5.92 Å². The lowest BCUT2D eigenvalue weighted by Crippen LogP contribution is -2.59. The van der Waals surface area contributed by atoms with Crippen LogP contribution in [0.1, 0.15) is 25.8 Å². The predicted molar refractivity (Wildman–Crippen MR) is 83.3 cm³/mol. The van der Waals surface area contributed by atoms with Gasteiger partial charge in [-0.3, -0.25) is 9.59 Å². The number of amides is 2. The van der Waals surface area contributed by atoms with E-state index in [0.717, 1.165) is 6.42 Å². The standard InChI is InChI=1S/C15H18Cl2N2O2/c1-3-9(2)14-15(21)19(8-13(20)18-14)7-10-11(16)5-4-6-12(10)17/h4-6,9,14H,3,7-8H2,1-2H3,(H,18,20). The van der Waals surface area contributed by atoms with Crippen molar-refractivity contribution < 1.29 is 9.59 Å². The normalized spacial score (nSPS) is 20.4. The monoisotopic (exact) mass is 328 g/mol. The third-order valence-corrected chi connectivity index (χ3v) is 4.56. The summed E-state index contributed by atoms with van der Waals surface area (Å²) in [6, 6.07) is 4.73. The number of hydrogen-bond donors (Lipinski definition) is 1. The van der Waals surface area contributed by atoms with Gasteiger partial charge in [-0.05, 0) is 18.1 Å². The molecule has 0 saturated carbocycles. The third kappa shape index (κ3) is 3.50. The van der Waals surface area contributed by atoms with Crippen molar-refractivity contribution in [3.63, 3.8) is 0 Å². The summed E-state index contributed by atoms with van der Waals surface area (Å²) in [6.07, 6.45) is 0.817. The summed E-state index contributed by atoms with van der Waals surface area (Å²) in [5, 5.41) is 3.77. The number of rotatable bonds is 4. The van der Waals surface area contributed by atoms with Crippen molar-refractivity contribution in [1.82, 2.24) is 10.2 Å². The molecular weight excluding hydrogens is 311 g/mol. The van der Waals surface area contributed by atoms with E-state index in [9.17, 15) is 9.59 Å². The van der Waals surface area contributed by atoms with E-state index in [1.807, 2.05) is 13.8 Å². The Kier molecular flexibility index (Phi) is 5.12. The van der Waals surface area contributed by atoms with Gasteiger partial charge in [0.1, 0.15) is 6.04 Å². The average Bonchev–Trinajstić information content (AvgIpc) is 2.45. The average molecular weight is 329 g/mol. The van der Waals surface area contributed by atoms with E-state index >= 15 is 0 Å². The SMILES string of the molecule is CCC(C)C1NC(=O)CN(Cc2c(Cl)cccc2Cl)C1=O. The number of carbonyl (C=O) groups excluding carboxylic acids is 2. The molecule has 1 aliphatic rings. The van der Waals surface area contributed by atoms with Gasteiger partial charge >= 0.3 is 0 Å². The number of piperazine rings is 1. The second-order valence-electron chi connectivity index (χ2n) is 5.33. The maximum absolute atomic E-state index is 12.5. The predicted octanol–water partition coefficient (Wildman–Crippen LogP) is 2.87. The van der Waals surface area contributed by atoms with Crippen LogP contribution in [0.2, 0.25) is 10.0 Å². The van der Waals surface area contributed by atoms with Crippen molar-refractivity contribution in [2.75, 3.05) is 6.54 Å². The highest BCUT2D eigenvalue weighted by atomic mass is 35.5. The Morgan fingerprint density at radius 2 is 1.95 bits per heavy atom. The molecular formula is C15H18Cl2N2O2. The minimum atomic E-state index is -0.475. The minimum Gasteiger partial charge on any atom is -0.342 e. The molecule has 1 N–H and O–H groups in total. The summed E-state index contributed by atoms with van der Waals surface area (Å²) >= 11 is 12.3. The Hall–Kier alpha value is -1.26. The van der Waals surface area contributed by atoms with Gasteiger partial charge < -0.3 is 10.2 Å². The van der Waals surface area contributed by atoms with Gasteiger partial charge in [0.05, 0.1) is 6.54 Å². The van der Waals surface area contributed by atoms with E-state index in [1.165, 1.54) is 4.90 Å². The molecule has 0 aromatic heterocycles. The third-order valence-electron chi connectivity index (χ3n) is 3.85. The molecule has 6 heteroatoms. The number of hydrogen-bond acceptors (Lipinski definition) is 2. The molecule has 0 bridgehead atoms. The van der Waals surface area contributed by atoms with E-state index < -0.39 is 6.04 Å². The van der Waals surface area contributed by atoms with Crippen LogP contribution in [0.15, 0.2) is 18.2 Å². The fourth-order valence-corrected chi connectivity index (χ4v) is 2.88. The Balaban J connectivity index is 2.22. The molecule has 1 saturated heterocycles. The maximum Gasteiger partial charge on any atom is 0.246 e. The smallest absolute Gasteiger partial charge is 0.246 e. The molecule has 0 spiro atoms. The lowest BCUT2D eigenvalue weighted by molar-refractivity contribution is -0.146. The Bertz CT molecular complexity index is 542. The number of nitrogens with one attached hydrogen (secondary N) is 1. The van der Waals surface area contributed by atoms with E-state index in [1.54, 1.807) is 18.2 Å². The molecule has 2 atom stereocenters. The van der Waals surface area contributed by atoms with Crippen LogP contribution >= 0.6 is 23.2 Å². The molecule has 0 aliphatic carbocycles. The molecule has 2 amide bonds. The lowest BCUT2D eigenvalue weighted by Gasteiger charge is -2.35. The minimum absolute atomic E-state index is 0.0350. The molecule has 2 rings (SSSR count). The largest absolute Gasteiger partial charge is 0.342 e. The first-order valence-electron chi connectivity index (χ1n) is 6.95. The summed E-state index contributed by atoms with van der Waals surface area (Å²) in [7, 11) is 0. The quantitative estimate of drug-likeness (QED) is 0.923. The van der Waals surface area contributed by atoms with Crippen LogP contribution in [-0.4, -0.2) is 29.3 Å². The van der Waals surface area contributed by atoms with Crippen LogP contribution in [0.4, 0.5) is 0 Å². The van der Waals surface area contributed by atoms with Gasteiger partial charge in [-0.15, -0.1) is 0 Å². The van der Waals surface area contributed by atoms with Crippen molar-refractivity contribution in [2.24, 2.45) is 5.92 Å². The maximum atomic E-state index is 12.5. The fourth-order valence-electron chi connectivity index (χ4n) is 2.36. The summed E-state index contributed by atoms with van der Waals surface area (Å²) in [4.78, 5) is 25.9. The van der Waals surface area contributed by atoms with E-state index in [-0.39, 0.29) is 30.8 Å². The number of nitrogens with zero attached hydrogens (tertiary/aromatic N) is 1. The zero-order chi connectivity index (χ0) is 15.6. The van der Waals surface area contributed by atoms with E-state index in [0.29, 0.717) is 15.6 Å². The molecule has 1 aromatic carbocycles. The summed E-state index contributed by atoms with van der Waals surface area (Å²) in [5.74, 6) is -0.144. The van der Waals surface area contributed by atoms with Crippen LogP contribution in [0.3, 0.4) is 0 Å². The van der Waals surface area contributed by atoms with Crippen molar-refractivity contribution >= 4 is 35.0 Å². The fraction of sp³-hybridized carbons (Fsp3) is 0.467. The van der Waals surface area contributed by atoms with Gasteiger partial charge in [-0.1, -0.05) is 49.5 Å². The first kappa shape index (κ1) is 16.1. The summed E-state index contributed by atoms with van der Waals surface area (Å²) in [5.41, 5.74) is 0.673. The molecule has 1 aliphatic heterocycles. The summed E-state index contributed by atoms with van der Waals surface area (Å²) < 4.78 is 0. The topological polar surface area (TPSA) is 49.4 Å². The molecule has 0 radical (unpaired) electrons. The van der Waals surface area contributed by atoms with Gasteiger partial charge in [-0.25, -0.2) is 0 Å². The highest BCUT2D eigenvalue weighted by Crippen LogP contribution is 2.27. The highest BCUT2D eigenvalue weighted by molar-refractivity contribution is 6.36. The molecule has 1 fully saturated rings. The molecule has 21 heavy (non-hydrogen) atoms. The van der Waals surface area contributed by atoms with E-state index in [2.05, 4.69) is 5.32 Å². The number of benzene rings is 1. The Labute approximate surface area is 134 Å². The lowest BCUT2D eigenvalue weighted by atomic mass is 9.96. The van der Waals surface area contributed by atoms with Crippen LogP contribution < -0.4 is 5.32 Å².